The summed E-state index contributed by atoms with van der Waals surface area (Å²) in [5, 5.41) is 8.59. The minimum absolute atomic E-state index is 0.173. The van der Waals surface area contributed by atoms with Crippen molar-refractivity contribution >= 4 is 10.0 Å². The Hall–Kier alpha value is -0.890. The van der Waals surface area contributed by atoms with Crippen molar-refractivity contribution in [1.29, 1.82) is 0 Å². The van der Waals surface area contributed by atoms with Crippen LogP contribution in [0.25, 0.3) is 0 Å². The maximum atomic E-state index is 11.7. The van der Waals surface area contributed by atoms with Crippen molar-refractivity contribution in [3.8, 4) is 0 Å². The molecule has 0 radical (unpaired) electrons. The summed E-state index contributed by atoms with van der Waals surface area (Å²) in [6, 6.07) is 2.75. The zero-order chi connectivity index (χ0) is 12.7. The minimum Gasteiger partial charge on any atom is -0.446 e. The Labute approximate surface area is 101 Å². The van der Waals surface area contributed by atoms with Crippen LogP contribution in [-0.2, 0) is 21.4 Å². The predicted octanol–water partition coefficient (Wildman–Crippen LogP) is 0.477. The number of furan rings is 1. The van der Waals surface area contributed by atoms with E-state index in [1.54, 1.807) is 7.11 Å². The van der Waals surface area contributed by atoms with E-state index >= 15 is 0 Å². The van der Waals surface area contributed by atoms with E-state index < -0.39 is 10.0 Å². The zero-order valence-electron chi connectivity index (χ0n) is 9.68. The number of methoxy groups -OCH3 is 1. The van der Waals surface area contributed by atoms with E-state index in [4.69, 9.17) is 14.3 Å². The third kappa shape index (κ3) is 4.47. The fraction of sp³-hybridized carbons (Fsp3) is 0.600. The Balaban J connectivity index is 2.45. The molecule has 6 nitrogen and oxygen atoms in total. The largest absolute Gasteiger partial charge is 0.446 e. The van der Waals surface area contributed by atoms with E-state index in [-0.39, 0.29) is 17.5 Å². The summed E-state index contributed by atoms with van der Waals surface area (Å²) in [5.41, 5.74) is 0. The van der Waals surface area contributed by atoms with Crippen LogP contribution < -0.4 is 4.72 Å². The molecule has 0 aliphatic carbocycles. The van der Waals surface area contributed by atoms with Gasteiger partial charge in [0.05, 0.1) is 0 Å². The molecule has 1 aromatic heterocycles. The number of unbranched alkanes of at least 4 members (excludes halogenated alkanes) is 1. The van der Waals surface area contributed by atoms with E-state index in [2.05, 4.69) is 4.72 Å². The van der Waals surface area contributed by atoms with Gasteiger partial charge < -0.3 is 14.3 Å². The third-order valence-corrected chi connectivity index (χ3v) is 3.46. The number of ether oxygens (including phenoxy) is 1. The number of nitrogens with one attached hydrogen (secondary N) is 1. The van der Waals surface area contributed by atoms with Crippen LogP contribution in [0.3, 0.4) is 0 Å². The molecule has 2 N–H and O–H groups in total. The van der Waals surface area contributed by atoms with Gasteiger partial charge in [-0.05, 0) is 25.0 Å². The second-order valence-corrected chi connectivity index (χ2v) is 5.17. The van der Waals surface area contributed by atoms with Gasteiger partial charge in [0.25, 0.3) is 10.0 Å². The van der Waals surface area contributed by atoms with Gasteiger partial charge in [0.2, 0.25) is 5.09 Å². The summed E-state index contributed by atoms with van der Waals surface area (Å²) in [6.45, 7) is 0.626. The van der Waals surface area contributed by atoms with Gasteiger partial charge in [-0.2, -0.15) is 0 Å². The second-order valence-electron chi connectivity index (χ2n) is 3.48. The molecule has 1 heterocycles. The fourth-order valence-corrected chi connectivity index (χ4v) is 2.26. The topological polar surface area (TPSA) is 88.8 Å². The highest BCUT2D eigenvalue weighted by Crippen LogP contribution is 2.13. The lowest BCUT2D eigenvalue weighted by Crippen LogP contribution is -2.24. The predicted molar refractivity (Wildman–Crippen MR) is 60.9 cm³/mol. The lowest BCUT2D eigenvalue weighted by atomic mass is 10.3. The summed E-state index contributed by atoms with van der Waals surface area (Å²) in [5.74, 6) is 0.227. The first-order chi connectivity index (χ1) is 8.10. The average molecular weight is 263 g/mol. The molecule has 7 heteroatoms. The van der Waals surface area contributed by atoms with Gasteiger partial charge in [0.15, 0.2) is 0 Å². The van der Waals surface area contributed by atoms with E-state index in [1.165, 1.54) is 12.1 Å². The molecular formula is C10H17NO5S. The molecular weight excluding hydrogens is 246 g/mol. The Morgan fingerprint density at radius 1 is 1.41 bits per heavy atom. The highest BCUT2D eigenvalue weighted by molar-refractivity contribution is 7.89. The van der Waals surface area contributed by atoms with Crippen LogP contribution in [0.5, 0.6) is 0 Å². The number of hydrogen-bond donors (Lipinski definition) is 2. The molecule has 0 aliphatic heterocycles. The standard InChI is InChI=1S/C10H17NO5S/c1-15-7-3-2-6-11-17(13,14)10-5-4-9(8-12)16-10/h4-5,11-12H,2-3,6-8H2,1H3. The minimum atomic E-state index is -3.61. The van der Waals surface area contributed by atoms with Crippen LogP contribution in [0.15, 0.2) is 21.6 Å². The zero-order valence-corrected chi connectivity index (χ0v) is 10.5. The van der Waals surface area contributed by atoms with E-state index in [1.807, 2.05) is 0 Å². The highest BCUT2D eigenvalue weighted by atomic mass is 32.2. The number of sulfonamides is 1. The lowest BCUT2D eigenvalue weighted by Gasteiger charge is -2.03. The summed E-state index contributed by atoms with van der Waals surface area (Å²) in [6.07, 6.45) is 1.49. The molecule has 0 spiro atoms. The maximum Gasteiger partial charge on any atom is 0.273 e. The molecule has 0 bridgehead atoms. The van der Waals surface area contributed by atoms with Crippen LogP contribution in [0.1, 0.15) is 18.6 Å². The Morgan fingerprint density at radius 2 is 2.18 bits per heavy atom. The van der Waals surface area contributed by atoms with E-state index in [0.29, 0.717) is 19.6 Å². The first kappa shape index (κ1) is 14.2. The molecule has 17 heavy (non-hydrogen) atoms. The molecule has 0 aliphatic rings. The SMILES string of the molecule is COCCCCNS(=O)(=O)c1ccc(CO)o1. The third-order valence-electron chi connectivity index (χ3n) is 2.13. The molecule has 1 aromatic rings. The van der Waals surface area contributed by atoms with E-state index in [9.17, 15) is 8.42 Å². The van der Waals surface area contributed by atoms with Crippen molar-refractivity contribution < 1.29 is 22.7 Å². The summed E-state index contributed by atoms with van der Waals surface area (Å²) >= 11 is 0. The van der Waals surface area contributed by atoms with Gasteiger partial charge >= 0.3 is 0 Å². The van der Waals surface area contributed by atoms with Gasteiger partial charge in [-0.3, -0.25) is 0 Å². The quantitative estimate of drug-likeness (QED) is 0.666. The van der Waals surface area contributed by atoms with Crippen molar-refractivity contribution in [1.82, 2.24) is 4.72 Å². The van der Waals surface area contributed by atoms with Gasteiger partial charge in [0, 0.05) is 20.3 Å². The smallest absolute Gasteiger partial charge is 0.273 e. The highest BCUT2D eigenvalue weighted by Gasteiger charge is 2.17. The maximum absolute atomic E-state index is 11.7. The number of hydrogen-bond acceptors (Lipinski definition) is 5. The summed E-state index contributed by atoms with van der Waals surface area (Å²) in [7, 11) is -2.00. The van der Waals surface area contributed by atoms with E-state index in [0.717, 1.165) is 6.42 Å². The van der Waals surface area contributed by atoms with Crippen molar-refractivity contribution in [2.75, 3.05) is 20.3 Å². The fourth-order valence-electron chi connectivity index (χ4n) is 1.24. The van der Waals surface area contributed by atoms with Gasteiger partial charge in [0.1, 0.15) is 12.4 Å². The van der Waals surface area contributed by atoms with Crippen LogP contribution in [-0.4, -0.2) is 33.8 Å². The summed E-state index contributed by atoms with van der Waals surface area (Å²) in [4.78, 5) is 0. The first-order valence-corrected chi connectivity index (χ1v) is 6.76. The Bertz CT molecular complexity index is 426. The molecule has 0 amide bonds. The lowest BCUT2D eigenvalue weighted by molar-refractivity contribution is 0.193. The van der Waals surface area contributed by atoms with Crippen molar-refractivity contribution in [3.63, 3.8) is 0 Å². The monoisotopic (exact) mass is 263 g/mol. The molecule has 1 rings (SSSR count). The van der Waals surface area contributed by atoms with Crippen LogP contribution in [0, 0.1) is 0 Å². The molecule has 0 fully saturated rings. The van der Waals surface area contributed by atoms with Crippen LogP contribution in [0.4, 0.5) is 0 Å². The normalized spacial score (nSPS) is 11.9. The van der Waals surface area contributed by atoms with Gasteiger partial charge in [-0.25, -0.2) is 13.1 Å². The van der Waals surface area contributed by atoms with Crippen molar-refractivity contribution in [3.05, 3.63) is 17.9 Å². The molecule has 0 saturated heterocycles. The molecule has 0 atom stereocenters. The average Bonchev–Trinajstić information content (AvgIpc) is 2.78. The Kier molecular flexibility index (Phi) is 5.63. The molecule has 98 valence electrons. The summed E-state index contributed by atoms with van der Waals surface area (Å²) < 4.78 is 35.6. The number of rotatable bonds is 8. The van der Waals surface area contributed by atoms with Gasteiger partial charge in [-0.1, -0.05) is 0 Å². The van der Waals surface area contributed by atoms with Crippen molar-refractivity contribution in [2.45, 2.75) is 24.5 Å². The van der Waals surface area contributed by atoms with Crippen LogP contribution >= 0.6 is 0 Å². The molecule has 0 aromatic carbocycles. The number of aliphatic hydroxyl groups excluding tert-OH is 1. The first-order valence-electron chi connectivity index (χ1n) is 5.28. The second kappa shape index (κ2) is 6.75. The van der Waals surface area contributed by atoms with Gasteiger partial charge in [-0.15, -0.1) is 0 Å². The van der Waals surface area contributed by atoms with Crippen molar-refractivity contribution in [2.24, 2.45) is 0 Å². The van der Waals surface area contributed by atoms with Crippen LogP contribution in [0.2, 0.25) is 0 Å². The molecule has 0 saturated carbocycles. The molecule has 0 unspecified atom stereocenters. The number of aliphatic hydroxyl groups is 1. The Morgan fingerprint density at radius 3 is 2.76 bits per heavy atom.